The van der Waals surface area contributed by atoms with Crippen LogP contribution in [-0.4, -0.2) is 16.4 Å². The third-order valence-corrected chi connectivity index (χ3v) is 3.07. The molecule has 76 valence electrons. The van der Waals surface area contributed by atoms with Gasteiger partial charge < -0.3 is 9.88 Å². The lowest BCUT2D eigenvalue weighted by atomic mass is 10.2. The van der Waals surface area contributed by atoms with Gasteiger partial charge in [-0.25, -0.2) is 4.99 Å². The van der Waals surface area contributed by atoms with Gasteiger partial charge >= 0.3 is 0 Å². The first-order valence-corrected chi connectivity index (χ1v) is 5.18. The molecule has 0 aliphatic carbocycles. The summed E-state index contributed by atoms with van der Waals surface area (Å²) < 4.78 is 2.07. The van der Waals surface area contributed by atoms with Gasteiger partial charge in [-0.1, -0.05) is 29.8 Å². The number of aromatic nitrogens is 1. The first kappa shape index (κ1) is 8.80. The molecule has 1 aliphatic heterocycles. The van der Waals surface area contributed by atoms with Crippen molar-refractivity contribution in [1.82, 2.24) is 4.57 Å². The molecular formula is C11H10ClN3. The molecule has 0 saturated carbocycles. The molecule has 0 saturated heterocycles. The van der Waals surface area contributed by atoms with Gasteiger partial charge in [-0.3, -0.25) is 0 Å². The van der Waals surface area contributed by atoms with E-state index >= 15 is 0 Å². The van der Waals surface area contributed by atoms with E-state index in [-0.39, 0.29) is 0 Å². The third-order valence-electron chi connectivity index (χ3n) is 2.78. The fourth-order valence-corrected chi connectivity index (χ4v) is 2.36. The molecular weight excluding hydrogens is 210 g/mol. The lowest BCUT2D eigenvalue weighted by Crippen LogP contribution is -2.13. The standard InChI is InChI=1S/C11H10ClN3/c1-15-8-5-3-2-4-7(8)9-10(15)11(12)14-6-13-9/h2-5,13H,6H2,1H3. The molecule has 2 heterocycles. The maximum atomic E-state index is 6.11. The smallest absolute Gasteiger partial charge is 0.151 e. The Labute approximate surface area is 92.4 Å². The minimum Gasteiger partial charge on any atom is -0.364 e. The normalized spacial score (nSPS) is 14.7. The Morgan fingerprint density at radius 1 is 1.40 bits per heavy atom. The highest BCUT2D eigenvalue weighted by atomic mass is 35.5. The second-order valence-electron chi connectivity index (χ2n) is 3.58. The summed E-state index contributed by atoms with van der Waals surface area (Å²) in [5, 5.41) is 5.05. The zero-order valence-corrected chi connectivity index (χ0v) is 9.04. The molecule has 15 heavy (non-hydrogen) atoms. The van der Waals surface area contributed by atoms with Crippen molar-refractivity contribution in [1.29, 1.82) is 0 Å². The second-order valence-corrected chi connectivity index (χ2v) is 3.94. The van der Waals surface area contributed by atoms with Crippen LogP contribution in [0.4, 0.5) is 5.69 Å². The Hall–Kier alpha value is -1.48. The lowest BCUT2D eigenvalue weighted by Gasteiger charge is -2.12. The summed E-state index contributed by atoms with van der Waals surface area (Å²) in [7, 11) is 2.01. The van der Waals surface area contributed by atoms with Crippen LogP contribution in [-0.2, 0) is 7.05 Å². The molecule has 3 rings (SSSR count). The van der Waals surface area contributed by atoms with Crippen molar-refractivity contribution in [2.75, 3.05) is 12.0 Å². The number of nitrogens with one attached hydrogen (secondary N) is 1. The fourth-order valence-electron chi connectivity index (χ4n) is 2.08. The minimum atomic E-state index is 0.555. The number of fused-ring (bicyclic) bond motifs is 3. The van der Waals surface area contributed by atoms with Crippen molar-refractivity contribution in [3.63, 3.8) is 0 Å². The van der Waals surface area contributed by atoms with E-state index in [4.69, 9.17) is 11.6 Å². The monoisotopic (exact) mass is 219 g/mol. The molecule has 0 amide bonds. The van der Waals surface area contributed by atoms with E-state index in [1.807, 2.05) is 19.2 Å². The van der Waals surface area contributed by atoms with E-state index in [0.29, 0.717) is 11.8 Å². The van der Waals surface area contributed by atoms with Crippen molar-refractivity contribution < 1.29 is 0 Å². The van der Waals surface area contributed by atoms with Crippen LogP contribution in [0.1, 0.15) is 5.69 Å². The Morgan fingerprint density at radius 3 is 3.07 bits per heavy atom. The Balaban J connectivity index is 2.47. The van der Waals surface area contributed by atoms with E-state index in [1.165, 1.54) is 10.9 Å². The molecule has 1 aromatic carbocycles. The second kappa shape index (κ2) is 3.00. The average Bonchev–Trinajstić information content (AvgIpc) is 2.55. The number of benzene rings is 1. The molecule has 1 aliphatic rings. The number of aryl methyl sites for hydroxylation is 1. The van der Waals surface area contributed by atoms with E-state index in [9.17, 15) is 0 Å². The third kappa shape index (κ3) is 1.10. The molecule has 0 atom stereocenters. The van der Waals surface area contributed by atoms with Crippen molar-refractivity contribution in [2.45, 2.75) is 0 Å². The van der Waals surface area contributed by atoms with Gasteiger partial charge in [0.2, 0.25) is 0 Å². The van der Waals surface area contributed by atoms with Gasteiger partial charge in [0, 0.05) is 12.4 Å². The van der Waals surface area contributed by atoms with Gasteiger partial charge in [-0.15, -0.1) is 0 Å². The van der Waals surface area contributed by atoms with Crippen LogP contribution in [0.3, 0.4) is 0 Å². The van der Waals surface area contributed by atoms with Crippen LogP contribution in [0.2, 0.25) is 0 Å². The molecule has 2 aromatic rings. The van der Waals surface area contributed by atoms with Crippen molar-refractivity contribution in [2.24, 2.45) is 12.0 Å². The van der Waals surface area contributed by atoms with Crippen LogP contribution in [0.15, 0.2) is 29.3 Å². The van der Waals surface area contributed by atoms with Gasteiger partial charge in [0.25, 0.3) is 0 Å². The summed E-state index contributed by atoms with van der Waals surface area (Å²) in [6.07, 6.45) is 0. The van der Waals surface area contributed by atoms with Crippen LogP contribution in [0.5, 0.6) is 0 Å². The highest BCUT2D eigenvalue weighted by Gasteiger charge is 2.20. The molecule has 1 N–H and O–H groups in total. The number of aliphatic imine (C=N–C) groups is 1. The Kier molecular flexibility index (Phi) is 1.76. The number of nitrogens with zero attached hydrogens (tertiary/aromatic N) is 2. The largest absolute Gasteiger partial charge is 0.364 e. The number of halogens is 1. The molecule has 0 fully saturated rings. The predicted molar refractivity (Wildman–Crippen MR) is 63.8 cm³/mol. The lowest BCUT2D eigenvalue weighted by molar-refractivity contribution is 0.945. The summed E-state index contributed by atoms with van der Waals surface area (Å²) in [4.78, 5) is 4.18. The average molecular weight is 220 g/mol. The summed E-state index contributed by atoms with van der Waals surface area (Å²) in [5.74, 6) is 0. The number of hydrogen-bond donors (Lipinski definition) is 1. The highest BCUT2D eigenvalue weighted by molar-refractivity contribution is 6.70. The van der Waals surface area contributed by atoms with Crippen molar-refractivity contribution >= 4 is 33.4 Å². The number of anilines is 1. The van der Waals surface area contributed by atoms with Crippen LogP contribution < -0.4 is 5.32 Å². The molecule has 4 heteroatoms. The van der Waals surface area contributed by atoms with Gasteiger partial charge in [0.15, 0.2) is 5.17 Å². The van der Waals surface area contributed by atoms with Crippen LogP contribution >= 0.6 is 11.6 Å². The summed E-state index contributed by atoms with van der Waals surface area (Å²) in [5.41, 5.74) is 3.24. The zero-order chi connectivity index (χ0) is 10.4. The Morgan fingerprint density at radius 2 is 2.20 bits per heavy atom. The zero-order valence-electron chi connectivity index (χ0n) is 8.29. The first-order valence-electron chi connectivity index (χ1n) is 4.80. The molecule has 1 aromatic heterocycles. The van der Waals surface area contributed by atoms with E-state index in [0.717, 1.165) is 11.4 Å². The molecule has 3 nitrogen and oxygen atoms in total. The maximum Gasteiger partial charge on any atom is 0.151 e. The quantitative estimate of drug-likeness (QED) is 0.725. The van der Waals surface area contributed by atoms with Crippen molar-refractivity contribution in [3.05, 3.63) is 30.0 Å². The van der Waals surface area contributed by atoms with Crippen LogP contribution in [0.25, 0.3) is 10.9 Å². The summed E-state index contributed by atoms with van der Waals surface area (Å²) in [6.45, 7) is 0.555. The topological polar surface area (TPSA) is 29.3 Å². The number of para-hydroxylation sites is 1. The van der Waals surface area contributed by atoms with E-state index < -0.39 is 0 Å². The summed E-state index contributed by atoms with van der Waals surface area (Å²) in [6, 6.07) is 8.24. The maximum absolute atomic E-state index is 6.11. The number of hydrogen-bond acceptors (Lipinski definition) is 2. The summed E-state index contributed by atoms with van der Waals surface area (Å²) >= 11 is 6.11. The predicted octanol–water partition coefficient (Wildman–Crippen LogP) is 2.55. The number of rotatable bonds is 0. The molecule has 0 unspecified atom stereocenters. The van der Waals surface area contributed by atoms with Gasteiger partial charge in [-0.05, 0) is 6.07 Å². The van der Waals surface area contributed by atoms with Gasteiger partial charge in [-0.2, -0.15) is 0 Å². The molecule has 0 bridgehead atoms. The minimum absolute atomic E-state index is 0.555. The Bertz CT molecular complexity index is 568. The SMILES string of the molecule is Cn1c2c(c3ccccc31)NCN=C2Cl. The highest BCUT2D eigenvalue weighted by Crippen LogP contribution is 2.33. The van der Waals surface area contributed by atoms with Crippen LogP contribution in [0, 0.1) is 0 Å². The molecule has 0 spiro atoms. The molecule has 0 radical (unpaired) electrons. The van der Waals surface area contributed by atoms with E-state index in [1.54, 1.807) is 0 Å². The van der Waals surface area contributed by atoms with Gasteiger partial charge in [0.1, 0.15) is 12.4 Å². The first-order chi connectivity index (χ1) is 7.29. The van der Waals surface area contributed by atoms with Gasteiger partial charge in [0.05, 0.1) is 11.2 Å². The van der Waals surface area contributed by atoms with Crippen molar-refractivity contribution in [3.8, 4) is 0 Å². The fraction of sp³-hybridized carbons (Fsp3) is 0.182. The van der Waals surface area contributed by atoms with E-state index in [2.05, 4.69) is 27.0 Å².